The summed E-state index contributed by atoms with van der Waals surface area (Å²) in [7, 11) is 0. The molecule has 0 radical (unpaired) electrons. The summed E-state index contributed by atoms with van der Waals surface area (Å²) in [5.74, 6) is -0.315. The van der Waals surface area contributed by atoms with Crippen molar-refractivity contribution in [3.8, 4) is 0 Å². The molecule has 0 aliphatic heterocycles. The zero-order valence-corrected chi connectivity index (χ0v) is 13.7. The molecule has 1 amide bonds. The Bertz CT molecular complexity index is 546. The Morgan fingerprint density at radius 1 is 1.32 bits per heavy atom. The van der Waals surface area contributed by atoms with E-state index in [2.05, 4.69) is 12.2 Å². The van der Waals surface area contributed by atoms with Gasteiger partial charge in [0.25, 0.3) is 5.91 Å². The molecule has 0 bridgehead atoms. The predicted molar refractivity (Wildman–Crippen MR) is 85.9 cm³/mol. The maximum absolute atomic E-state index is 12.2. The highest BCUT2D eigenvalue weighted by Gasteiger charge is 2.26. The number of nitrogens with one attached hydrogen (secondary N) is 1. The molecule has 1 aliphatic carbocycles. The molecule has 0 heterocycles. The van der Waals surface area contributed by atoms with Crippen LogP contribution in [0.5, 0.6) is 0 Å². The number of benzene rings is 1. The van der Waals surface area contributed by atoms with Crippen LogP contribution in [0, 0.1) is 5.92 Å². The van der Waals surface area contributed by atoms with Gasteiger partial charge in [-0.25, -0.2) is 4.79 Å². The number of rotatable bonds is 4. The van der Waals surface area contributed by atoms with Crippen LogP contribution >= 0.6 is 11.6 Å². The Morgan fingerprint density at radius 3 is 2.73 bits per heavy atom. The first kappa shape index (κ1) is 16.8. The Hall–Kier alpha value is -1.55. The molecule has 0 spiro atoms. The average molecular weight is 324 g/mol. The fourth-order valence-corrected chi connectivity index (χ4v) is 2.92. The van der Waals surface area contributed by atoms with Crippen LogP contribution in [0.3, 0.4) is 0 Å². The SMILES string of the molecule is C[C@H](OC(=O)c1cccc(Cl)c1)C(=O)N[C@@H]1CCCC[C@@H]1C. The first-order valence-corrected chi connectivity index (χ1v) is 8.12. The minimum Gasteiger partial charge on any atom is -0.449 e. The lowest BCUT2D eigenvalue weighted by molar-refractivity contribution is -0.130. The summed E-state index contributed by atoms with van der Waals surface area (Å²) < 4.78 is 5.22. The summed E-state index contributed by atoms with van der Waals surface area (Å²) >= 11 is 5.85. The van der Waals surface area contributed by atoms with Crippen LogP contribution in [0.25, 0.3) is 0 Å². The van der Waals surface area contributed by atoms with Crippen LogP contribution in [0.15, 0.2) is 24.3 Å². The van der Waals surface area contributed by atoms with E-state index in [0.29, 0.717) is 16.5 Å². The summed E-state index contributed by atoms with van der Waals surface area (Å²) in [5.41, 5.74) is 0.346. The number of esters is 1. The Morgan fingerprint density at radius 2 is 2.05 bits per heavy atom. The number of hydrogen-bond acceptors (Lipinski definition) is 3. The van der Waals surface area contributed by atoms with Crippen LogP contribution < -0.4 is 5.32 Å². The van der Waals surface area contributed by atoms with E-state index in [1.165, 1.54) is 12.5 Å². The van der Waals surface area contributed by atoms with E-state index in [-0.39, 0.29) is 11.9 Å². The normalized spacial score (nSPS) is 22.7. The average Bonchev–Trinajstić information content (AvgIpc) is 2.49. The van der Waals surface area contributed by atoms with Gasteiger partial charge >= 0.3 is 5.97 Å². The largest absolute Gasteiger partial charge is 0.449 e. The molecule has 4 nitrogen and oxygen atoms in total. The molecule has 1 aliphatic rings. The van der Waals surface area contributed by atoms with E-state index in [1.807, 2.05) is 0 Å². The molecule has 0 saturated heterocycles. The zero-order chi connectivity index (χ0) is 16.1. The highest BCUT2D eigenvalue weighted by Crippen LogP contribution is 2.23. The van der Waals surface area contributed by atoms with E-state index >= 15 is 0 Å². The molecule has 0 unspecified atom stereocenters. The van der Waals surface area contributed by atoms with E-state index in [0.717, 1.165) is 19.3 Å². The third kappa shape index (κ3) is 4.47. The monoisotopic (exact) mass is 323 g/mol. The second kappa shape index (κ2) is 7.63. The molecule has 1 aromatic rings. The third-order valence-electron chi connectivity index (χ3n) is 4.15. The summed E-state index contributed by atoms with van der Waals surface area (Å²) in [5, 5.41) is 3.46. The van der Waals surface area contributed by atoms with E-state index in [9.17, 15) is 9.59 Å². The van der Waals surface area contributed by atoms with Gasteiger partial charge in [-0.2, -0.15) is 0 Å². The van der Waals surface area contributed by atoms with E-state index in [4.69, 9.17) is 16.3 Å². The van der Waals surface area contributed by atoms with Crippen molar-refractivity contribution >= 4 is 23.5 Å². The van der Waals surface area contributed by atoms with Gasteiger partial charge in [0, 0.05) is 11.1 Å². The van der Waals surface area contributed by atoms with Gasteiger partial charge in [-0.05, 0) is 43.9 Å². The molecule has 1 fully saturated rings. The summed E-state index contributed by atoms with van der Waals surface area (Å²) in [6, 6.07) is 6.67. The van der Waals surface area contributed by atoms with E-state index < -0.39 is 12.1 Å². The van der Waals surface area contributed by atoms with Gasteiger partial charge in [0.15, 0.2) is 6.10 Å². The van der Waals surface area contributed by atoms with Crippen LogP contribution in [-0.2, 0) is 9.53 Å². The third-order valence-corrected chi connectivity index (χ3v) is 4.39. The van der Waals surface area contributed by atoms with Gasteiger partial charge in [-0.1, -0.05) is 37.4 Å². The molecular formula is C17H22ClNO3. The zero-order valence-electron chi connectivity index (χ0n) is 13.0. The summed E-state index contributed by atoms with van der Waals surface area (Å²) in [6.07, 6.45) is 3.64. The Balaban J connectivity index is 1.89. The summed E-state index contributed by atoms with van der Waals surface area (Å²) in [4.78, 5) is 24.2. The lowest BCUT2D eigenvalue weighted by Gasteiger charge is -2.30. The molecule has 120 valence electrons. The maximum atomic E-state index is 12.2. The van der Waals surface area contributed by atoms with Gasteiger partial charge in [0.1, 0.15) is 0 Å². The highest BCUT2D eigenvalue weighted by molar-refractivity contribution is 6.30. The van der Waals surface area contributed by atoms with Crippen LogP contribution in [0.4, 0.5) is 0 Å². The van der Waals surface area contributed by atoms with Crippen molar-refractivity contribution in [2.75, 3.05) is 0 Å². The first-order chi connectivity index (χ1) is 10.5. The fourth-order valence-electron chi connectivity index (χ4n) is 2.73. The number of hydrogen-bond donors (Lipinski definition) is 1. The van der Waals surface area contributed by atoms with Gasteiger partial charge in [-0.3, -0.25) is 4.79 Å². The van der Waals surface area contributed by atoms with Crippen LogP contribution in [-0.4, -0.2) is 24.0 Å². The number of amides is 1. The molecule has 3 atom stereocenters. The smallest absolute Gasteiger partial charge is 0.338 e. The van der Waals surface area contributed by atoms with Gasteiger partial charge in [-0.15, -0.1) is 0 Å². The quantitative estimate of drug-likeness (QED) is 0.862. The standard InChI is InChI=1S/C17H22ClNO3/c1-11-6-3-4-9-15(11)19-16(20)12(2)22-17(21)13-7-5-8-14(18)10-13/h5,7-8,10-12,15H,3-4,6,9H2,1-2H3,(H,19,20)/t11-,12-,15+/m0/s1. The van der Waals surface area contributed by atoms with Gasteiger partial charge < -0.3 is 10.1 Å². The lowest BCUT2D eigenvalue weighted by Crippen LogP contribution is -2.45. The fraction of sp³-hybridized carbons (Fsp3) is 0.529. The van der Waals surface area contributed by atoms with Crippen molar-refractivity contribution in [1.29, 1.82) is 0 Å². The molecule has 5 heteroatoms. The maximum Gasteiger partial charge on any atom is 0.338 e. The molecule has 2 rings (SSSR count). The molecular weight excluding hydrogens is 302 g/mol. The topological polar surface area (TPSA) is 55.4 Å². The van der Waals surface area contributed by atoms with Gasteiger partial charge in [0.05, 0.1) is 5.56 Å². The van der Waals surface area contributed by atoms with Crippen LogP contribution in [0.2, 0.25) is 5.02 Å². The molecule has 1 saturated carbocycles. The Labute approximate surface area is 136 Å². The first-order valence-electron chi connectivity index (χ1n) is 7.74. The lowest BCUT2D eigenvalue weighted by atomic mass is 9.86. The predicted octanol–water partition coefficient (Wildman–Crippen LogP) is 3.58. The minimum atomic E-state index is -0.819. The Kier molecular flexibility index (Phi) is 5.83. The van der Waals surface area contributed by atoms with Gasteiger partial charge in [0.2, 0.25) is 0 Å². The van der Waals surface area contributed by atoms with E-state index in [1.54, 1.807) is 25.1 Å². The van der Waals surface area contributed by atoms with Crippen molar-refractivity contribution in [3.63, 3.8) is 0 Å². The number of carbonyl (C=O) groups excluding carboxylic acids is 2. The number of halogens is 1. The minimum absolute atomic E-state index is 0.175. The molecule has 1 N–H and O–H groups in total. The molecule has 22 heavy (non-hydrogen) atoms. The van der Waals surface area contributed by atoms with Crippen molar-refractivity contribution < 1.29 is 14.3 Å². The van der Waals surface area contributed by atoms with Crippen molar-refractivity contribution in [1.82, 2.24) is 5.32 Å². The van der Waals surface area contributed by atoms with Crippen LogP contribution in [0.1, 0.15) is 49.9 Å². The van der Waals surface area contributed by atoms with Crippen molar-refractivity contribution in [2.24, 2.45) is 5.92 Å². The highest BCUT2D eigenvalue weighted by atomic mass is 35.5. The molecule has 0 aromatic heterocycles. The van der Waals surface area contributed by atoms with Crippen molar-refractivity contribution in [2.45, 2.75) is 51.7 Å². The second-order valence-electron chi connectivity index (χ2n) is 5.93. The summed E-state index contributed by atoms with van der Waals surface area (Å²) in [6.45, 7) is 3.73. The second-order valence-corrected chi connectivity index (χ2v) is 6.37. The van der Waals surface area contributed by atoms with Crippen molar-refractivity contribution in [3.05, 3.63) is 34.9 Å². The number of carbonyl (C=O) groups is 2. The number of ether oxygens (including phenoxy) is 1. The molecule has 1 aromatic carbocycles.